The number of benzene rings is 2. The molecule has 8 nitrogen and oxygen atoms in total. The Hall–Kier alpha value is -3.98. The molecule has 160 valence electrons. The van der Waals surface area contributed by atoms with E-state index in [0.29, 0.717) is 10.6 Å². The quantitative estimate of drug-likeness (QED) is 0.419. The van der Waals surface area contributed by atoms with Crippen molar-refractivity contribution >= 4 is 34.1 Å². The highest BCUT2D eigenvalue weighted by Gasteiger charge is 2.19. The first-order valence-corrected chi connectivity index (χ1v) is 10.9. The number of rotatable bonds is 3. The number of carbonyl (C=O) groups excluding carboxylic acids is 2. The Labute approximate surface area is 185 Å². The maximum atomic E-state index is 12.8. The molecule has 0 fully saturated rings. The second-order valence-corrected chi connectivity index (χ2v) is 8.62. The highest BCUT2D eigenvalue weighted by molar-refractivity contribution is 7.14. The summed E-state index contributed by atoms with van der Waals surface area (Å²) < 4.78 is 1.04. The fraction of sp³-hybridized carbons (Fsp3) is 0.130. The van der Waals surface area contributed by atoms with E-state index in [0.717, 1.165) is 23.8 Å². The summed E-state index contributed by atoms with van der Waals surface area (Å²) in [5.41, 5.74) is 5.80. The molecule has 0 aliphatic heterocycles. The Morgan fingerprint density at radius 1 is 0.938 bits per heavy atom. The normalized spacial score (nSPS) is 12.5. The van der Waals surface area contributed by atoms with E-state index < -0.39 is 17.2 Å². The van der Waals surface area contributed by atoms with Crippen molar-refractivity contribution in [1.29, 1.82) is 0 Å². The fourth-order valence-corrected chi connectivity index (χ4v) is 5.01. The number of aromatic nitrogens is 2. The molecule has 2 aromatic carbocycles. The van der Waals surface area contributed by atoms with Crippen LogP contribution in [0.5, 0.6) is 0 Å². The number of nitrogens with one attached hydrogen (secondary N) is 3. The van der Waals surface area contributed by atoms with Crippen LogP contribution in [-0.4, -0.2) is 21.4 Å². The number of fused-ring (bicyclic) bond motifs is 2. The van der Waals surface area contributed by atoms with E-state index in [1.165, 1.54) is 40.0 Å². The van der Waals surface area contributed by atoms with Gasteiger partial charge in [0.25, 0.3) is 17.4 Å². The number of amides is 2. The molecule has 3 N–H and O–H groups in total. The van der Waals surface area contributed by atoms with Crippen LogP contribution < -0.4 is 22.1 Å². The lowest BCUT2D eigenvalue weighted by Crippen LogP contribution is -2.41. The van der Waals surface area contributed by atoms with Gasteiger partial charge in [0.1, 0.15) is 0 Å². The smallest absolute Gasteiger partial charge is 0.306 e. The van der Waals surface area contributed by atoms with E-state index in [1.807, 2.05) is 6.07 Å². The fourth-order valence-electron chi connectivity index (χ4n) is 3.86. The van der Waals surface area contributed by atoms with Gasteiger partial charge in [-0.15, -0.1) is 11.3 Å². The van der Waals surface area contributed by atoms with Gasteiger partial charge in [-0.2, -0.15) is 0 Å². The maximum absolute atomic E-state index is 12.8. The minimum atomic E-state index is -0.606. The van der Waals surface area contributed by atoms with Gasteiger partial charge in [0.05, 0.1) is 21.5 Å². The van der Waals surface area contributed by atoms with Crippen LogP contribution in [0, 0.1) is 0 Å². The molecule has 5 rings (SSSR count). The lowest BCUT2D eigenvalue weighted by atomic mass is 10.1. The molecular weight excluding hydrogens is 428 g/mol. The predicted molar refractivity (Wildman–Crippen MR) is 121 cm³/mol. The summed E-state index contributed by atoms with van der Waals surface area (Å²) in [4.78, 5) is 54.7. The number of hydrogen-bond acceptors (Lipinski definition) is 5. The van der Waals surface area contributed by atoms with E-state index in [-0.39, 0.29) is 22.4 Å². The average Bonchev–Trinajstić information content (AvgIpc) is 3.40. The summed E-state index contributed by atoms with van der Waals surface area (Å²) >= 11 is 1.44. The SMILES string of the molecule is O=C(NNC(=O)c1cc2c(s1)CCC2)c1ccc2c(=O)n(-c3ccccc3)c(=O)[nH]c2c1. The average molecular weight is 446 g/mol. The highest BCUT2D eigenvalue weighted by Crippen LogP contribution is 2.30. The molecule has 1 aliphatic rings. The molecule has 0 unspecified atom stereocenters. The number of carbonyl (C=O) groups is 2. The zero-order valence-corrected chi connectivity index (χ0v) is 17.6. The zero-order valence-electron chi connectivity index (χ0n) is 16.8. The van der Waals surface area contributed by atoms with Gasteiger partial charge in [0.15, 0.2) is 0 Å². The molecule has 32 heavy (non-hydrogen) atoms. The number of nitrogens with zero attached hydrogens (tertiary/aromatic N) is 1. The van der Waals surface area contributed by atoms with Crippen LogP contribution in [0.4, 0.5) is 0 Å². The van der Waals surface area contributed by atoms with Crippen molar-refractivity contribution in [2.24, 2.45) is 0 Å². The lowest BCUT2D eigenvalue weighted by Gasteiger charge is -2.09. The van der Waals surface area contributed by atoms with Crippen LogP contribution in [0.1, 0.15) is 36.9 Å². The summed E-state index contributed by atoms with van der Waals surface area (Å²) in [7, 11) is 0. The predicted octanol–water partition coefficient (Wildman–Crippen LogP) is 2.30. The number of H-pyrrole nitrogens is 1. The maximum Gasteiger partial charge on any atom is 0.333 e. The Morgan fingerprint density at radius 2 is 1.72 bits per heavy atom. The van der Waals surface area contributed by atoms with Crippen molar-refractivity contribution in [2.45, 2.75) is 19.3 Å². The molecule has 2 aromatic heterocycles. The molecule has 1 aliphatic carbocycles. The third-order valence-electron chi connectivity index (χ3n) is 5.43. The molecule has 0 saturated carbocycles. The van der Waals surface area contributed by atoms with Crippen molar-refractivity contribution in [2.75, 3.05) is 0 Å². The Balaban J connectivity index is 1.37. The first-order valence-electron chi connectivity index (χ1n) is 10.1. The molecule has 0 radical (unpaired) electrons. The molecule has 2 heterocycles. The van der Waals surface area contributed by atoms with Gasteiger partial charge in [-0.25, -0.2) is 9.36 Å². The first-order chi connectivity index (χ1) is 15.5. The van der Waals surface area contributed by atoms with Crippen molar-refractivity contribution in [3.8, 4) is 5.69 Å². The van der Waals surface area contributed by atoms with E-state index in [4.69, 9.17) is 0 Å². The largest absolute Gasteiger partial charge is 0.333 e. The van der Waals surface area contributed by atoms with Crippen molar-refractivity contribution in [1.82, 2.24) is 20.4 Å². The minimum Gasteiger partial charge on any atom is -0.306 e. The summed E-state index contributed by atoms with van der Waals surface area (Å²) in [6, 6.07) is 14.8. The van der Waals surface area contributed by atoms with Gasteiger partial charge >= 0.3 is 5.69 Å². The van der Waals surface area contributed by atoms with E-state index >= 15 is 0 Å². The van der Waals surface area contributed by atoms with E-state index in [9.17, 15) is 19.2 Å². The zero-order chi connectivity index (χ0) is 22.2. The van der Waals surface area contributed by atoms with Crippen LogP contribution in [0.2, 0.25) is 0 Å². The highest BCUT2D eigenvalue weighted by atomic mass is 32.1. The lowest BCUT2D eigenvalue weighted by molar-refractivity contribution is 0.0849. The van der Waals surface area contributed by atoms with Crippen LogP contribution in [-0.2, 0) is 12.8 Å². The molecular formula is C23H18N4O4S. The van der Waals surface area contributed by atoms with Crippen LogP contribution in [0.3, 0.4) is 0 Å². The monoisotopic (exact) mass is 446 g/mol. The van der Waals surface area contributed by atoms with Crippen molar-refractivity contribution < 1.29 is 9.59 Å². The second-order valence-electron chi connectivity index (χ2n) is 7.49. The third kappa shape index (κ3) is 3.52. The second kappa shape index (κ2) is 7.93. The Kier molecular flexibility index (Phi) is 4.95. The van der Waals surface area contributed by atoms with Gasteiger partial charge in [-0.1, -0.05) is 18.2 Å². The summed E-state index contributed by atoms with van der Waals surface area (Å²) in [6.07, 6.45) is 3.08. The molecule has 0 saturated heterocycles. The van der Waals surface area contributed by atoms with E-state index in [2.05, 4.69) is 15.8 Å². The summed E-state index contributed by atoms with van der Waals surface area (Å²) in [5.74, 6) is -0.935. The summed E-state index contributed by atoms with van der Waals surface area (Å²) in [6.45, 7) is 0. The molecule has 0 spiro atoms. The topological polar surface area (TPSA) is 113 Å². The van der Waals surface area contributed by atoms with Gasteiger partial charge in [0.2, 0.25) is 0 Å². The molecule has 0 atom stereocenters. The summed E-state index contributed by atoms with van der Waals surface area (Å²) in [5, 5.41) is 0.266. The van der Waals surface area contributed by atoms with Crippen LogP contribution in [0.25, 0.3) is 16.6 Å². The number of aryl methyl sites for hydroxylation is 2. The third-order valence-corrected chi connectivity index (χ3v) is 6.67. The molecule has 4 aromatic rings. The molecule has 0 bridgehead atoms. The number of thiophene rings is 1. The number of hydrazine groups is 1. The van der Waals surface area contributed by atoms with Crippen molar-refractivity contribution in [3.63, 3.8) is 0 Å². The molecule has 9 heteroatoms. The number of para-hydroxylation sites is 1. The minimum absolute atomic E-state index is 0.194. The van der Waals surface area contributed by atoms with E-state index in [1.54, 1.807) is 30.3 Å². The van der Waals surface area contributed by atoms with Gasteiger partial charge in [0, 0.05) is 10.4 Å². The number of hydrogen-bond donors (Lipinski definition) is 3. The van der Waals surface area contributed by atoms with Crippen LogP contribution in [0.15, 0.2) is 64.2 Å². The van der Waals surface area contributed by atoms with Gasteiger partial charge in [-0.05, 0) is 61.2 Å². The Morgan fingerprint density at radius 3 is 2.50 bits per heavy atom. The standard InChI is InChI=1S/C23H18N4O4S/c28-20(25-26-21(29)19-12-13-5-4-8-18(13)32-19)14-9-10-16-17(11-14)24-23(31)27(22(16)30)15-6-2-1-3-7-15/h1-3,6-7,9-12H,4-5,8H2,(H,24,31)(H,25,28)(H,26,29). The first kappa shape index (κ1) is 20.0. The van der Waals surface area contributed by atoms with Gasteiger partial charge in [-0.3, -0.25) is 25.2 Å². The Bertz CT molecular complexity index is 1460. The van der Waals surface area contributed by atoms with Gasteiger partial charge < -0.3 is 4.98 Å². The number of aromatic amines is 1. The van der Waals surface area contributed by atoms with Crippen molar-refractivity contribution in [3.05, 3.63) is 96.3 Å². The van der Waals surface area contributed by atoms with Crippen LogP contribution >= 0.6 is 11.3 Å². The molecule has 2 amide bonds.